The topological polar surface area (TPSA) is 66.9 Å². The van der Waals surface area contributed by atoms with Gasteiger partial charge < -0.3 is 9.64 Å². The number of para-hydroxylation sites is 1. The summed E-state index contributed by atoms with van der Waals surface area (Å²) in [6.07, 6.45) is 3.53. The third-order valence-corrected chi connectivity index (χ3v) is 7.49. The lowest BCUT2D eigenvalue weighted by Gasteiger charge is -2.26. The van der Waals surface area contributed by atoms with Crippen LogP contribution >= 0.6 is 0 Å². The highest BCUT2D eigenvalue weighted by molar-refractivity contribution is 7.89. The van der Waals surface area contributed by atoms with Crippen molar-refractivity contribution in [1.29, 1.82) is 0 Å². The molecule has 0 unspecified atom stereocenters. The van der Waals surface area contributed by atoms with Gasteiger partial charge in [0.15, 0.2) is 6.61 Å². The first-order valence-electron chi connectivity index (χ1n) is 10.1. The summed E-state index contributed by atoms with van der Waals surface area (Å²) in [5.41, 5.74) is 1.67. The maximum atomic E-state index is 13.0. The number of hydrogen-bond acceptors (Lipinski definition) is 4. The zero-order chi connectivity index (χ0) is 20.4. The quantitative estimate of drug-likeness (QED) is 0.754. The second-order valence-corrected chi connectivity index (χ2v) is 9.61. The largest absolute Gasteiger partial charge is 0.484 e. The number of sulfonamides is 1. The predicted octanol–water partition coefficient (Wildman–Crippen LogP) is 3.22. The minimum Gasteiger partial charge on any atom is -0.484 e. The highest BCUT2D eigenvalue weighted by Crippen LogP contribution is 2.35. The lowest BCUT2D eigenvalue weighted by molar-refractivity contribution is -0.120. The van der Waals surface area contributed by atoms with E-state index in [1.54, 1.807) is 27.4 Å². The third kappa shape index (κ3) is 4.02. The van der Waals surface area contributed by atoms with Crippen molar-refractivity contribution in [2.75, 3.05) is 24.6 Å². The number of piperidine rings is 1. The molecular formula is C22H26N2O4S. The number of ether oxygens (including phenoxy) is 1. The molecule has 2 aromatic rings. The fourth-order valence-corrected chi connectivity index (χ4v) is 5.70. The van der Waals surface area contributed by atoms with Gasteiger partial charge in [-0.1, -0.05) is 24.6 Å². The average Bonchev–Trinajstić information content (AvgIpc) is 3.08. The first-order valence-corrected chi connectivity index (χ1v) is 11.5. The lowest BCUT2D eigenvalue weighted by Crippen LogP contribution is -2.39. The summed E-state index contributed by atoms with van der Waals surface area (Å²) in [5.74, 6) is 0.516. The molecular weight excluding hydrogens is 388 g/mol. The molecule has 0 bridgehead atoms. The van der Waals surface area contributed by atoms with Crippen molar-refractivity contribution >= 4 is 21.6 Å². The molecule has 1 fully saturated rings. The van der Waals surface area contributed by atoms with Crippen molar-refractivity contribution in [2.24, 2.45) is 0 Å². The Balaban J connectivity index is 1.52. The molecule has 7 heteroatoms. The number of carbonyl (C=O) groups excluding carboxylic acids is 1. The van der Waals surface area contributed by atoms with E-state index in [4.69, 9.17) is 4.74 Å². The van der Waals surface area contributed by atoms with Gasteiger partial charge in [-0.25, -0.2) is 8.42 Å². The summed E-state index contributed by atoms with van der Waals surface area (Å²) in [6, 6.07) is 14.3. The number of amides is 1. The second-order valence-electron chi connectivity index (χ2n) is 7.67. The van der Waals surface area contributed by atoms with Gasteiger partial charge >= 0.3 is 0 Å². The van der Waals surface area contributed by atoms with Crippen molar-refractivity contribution in [3.63, 3.8) is 0 Å². The Kier molecular flexibility index (Phi) is 5.61. The maximum Gasteiger partial charge on any atom is 0.265 e. The zero-order valence-electron chi connectivity index (χ0n) is 16.6. The molecule has 0 saturated carbocycles. The summed E-state index contributed by atoms with van der Waals surface area (Å²) in [6.45, 7) is 3.08. The molecule has 0 aliphatic carbocycles. The van der Waals surface area contributed by atoms with Crippen LogP contribution in [-0.2, 0) is 21.2 Å². The first kappa shape index (κ1) is 19.9. The van der Waals surface area contributed by atoms with Crippen molar-refractivity contribution < 1.29 is 17.9 Å². The number of carbonyl (C=O) groups is 1. The van der Waals surface area contributed by atoms with Gasteiger partial charge in [0.25, 0.3) is 5.91 Å². The van der Waals surface area contributed by atoms with E-state index in [0.717, 1.165) is 30.5 Å². The normalized spacial score (nSPS) is 19.8. The Morgan fingerprint density at radius 2 is 1.79 bits per heavy atom. The van der Waals surface area contributed by atoms with Gasteiger partial charge in [-0.15, -0.1) is 0 Å². The molecule has 1 atom stereocenters. The van der Waals surface area contributed by atoms with Crippen LogP contribution in [0.5, 0.6) is 5.75 Å². The van der Waals surface area contributed by atoms with E-state index < -0.39 is 10.0 Å². The molecule has 154 valence electrons. The van der Waals surface area contributed by atoms with Crippen LogP contribution in [0.3, 0.4) is 0 Å². The van der Waals surface area contributed by atoms with Crippen LogP contribution in [0.2, 0.25) is 0 Å². The van der Waals surface area contributed by atoms with Crippen LogP contribution in [0.4, 0.5) is 5.69 Å². The fraction of sp³-hybridized carbons (Fsp3) is 0.409. The second kappa shape index (κ2) is 8.16. The van der Waals surface area contributed by atoms with Crippen LogP contribution in [0, 0.1) is 0 Å². The van der Waals surface area contributed by atoms with Gasteiger partial charge in [-0.05, 0) is 62.1 Å². The molecule has 0 spiro atoms. The third-order valence-electron chi connectivity index (χ3n) is 5.59. The summed E-state index contributed by atoms with van der Waals surface area (Å²) >= 11 is 0. The number of benzene rings is 2. The van der Waals surface area contributed by atoms with Crippen LogP contribution in [0.25, 0.3) is 0 Å². The Hall–Kier alpha value is -2.38. The molecule has 2 aliphatic heterocycles. The van der Waals surface area contributed by atoms with Crippen LogP contribution in [-0.4, -0.2) is 44.4 Å². The molecule has 2 heterocycles. The smallest absolute Gasteiger partial charge is 0.265 e. The van der Waals surface area contributed by atoms with E-state index in [-0.39, 0.29) is 18.6 Å². The summed E-state index contributed by atoms with van der Waals surface area (Å²) in [5, 5.41) is 0. The number of fused-ring (bicyclic) bond motifs is 1. The molecule has 0 radical (unpaired) electrons. The van der Waals surface area contributed by atoms with Crippen molar-refractivity contribution in [2.45, 2.75) is 43.5 Å². The molecule has 29 heavy (non-hydrogen) atoms. The van der Waals surface area contributed by atoms with Crippen molar-refractivity contribution in [1.82, 2.24) is 4.31 Å². The monoisotopic (exact) mass is 414 g/mol. The average molecular weight is 415 g/mol. The summed E-state index contributed by atoms with van der Waals surface area (Å²) in [7, 11) is -3.48. The summed E-state index contributed by atoms with van der Waals surface area (Å²) < 4.78 is 33.1. The van der Waals surface area contributed by atoms with E-state index in [0.29, 0.717) is 30.2 Å². The zero-order valence-corrected chi connectivity index (χ0v) is 17.4. The van der Waals surface area contributed by atoms with Gasteiger partial charge in [0.05, 0.1) is 4.90 Å². The Labute approximate surface area is 172 Å². The van der Waals surface area contributed by atoms with Crippen LogP contribution in [0.15, 0.2) is 53.4 Å². The molecule has 1 amide bonds. The molecule has 6 nitrogen and oxygen atoms in total. The van der Waals surface area contributed by atoms with Gasteiger partial charge in [0.1, 0.15) is 5.75 Å². The minimum absolute atomic E-state index is 0.0372. The fourth-order valence-electron chi connectivity index (χ4n) is 4.13. The Morgan fingerprint density at radius 1 is 1.07 bits per heavy atom. The van der Waals surface area contributed by atoms with E-state index in [9.17, 15) is 13.2 Å². The predicted molar refractivity (Wildman–Crippen MR) is 112 cm³/mol. The Morgan fingerprint density at radius 3 is 2.52 bits per heavy atom. The molecule has 0 aromatic heterocycles. The summed E-state index contributed by atoms with van der Waals surface area (Å²) in [4.78, 5) is 14.8. The molecule has 1 saturated heterocycles. The molecule has 2 aromatic carbocycles. The molecule has 0 N–H and O–H groups in total. The highest BCUT2D eigenvalue weighted by atomic mass is 32.2. The molecule has 4 rings (SSSR count). The van der Waals surface area contributed by atoms with Gasteiger partial charge in [0, 0.05) is 24.8 Å². The van der Waals surface area contributed by atoms with Crippen LogP contribution < -0.4 is 9.64 Å². The van der Waals surface area contributed by atoms with Gasteiger partial charge in [-0.3, -0.25) is 4.79 Å². The lowest BCUT2D eigenvalue weighted by atomic mass is 10.1. The highest BCUT2D eigenvalue weighted by Gasteiger charge is 2.33. The minimum atomic E-state index is -3.48. The van der Waals surface area contributed by atoms with Crippen LogP contribution in [0.1, 0.15) is 31.7 Å². The van der Waals surface area contributed by atoms with E-state index in [1.807, 2.05) is 37.3 Å². The maximum absolute atomic E-state index is 13.0. The van der Waals surface area contributed by atoms with Gasteiger partial charge in [0.2, 0.25) is 10.0 Å². The van der Waals surface area contributed by atoms with E-state index in [2.05, 4.69) is 0 Å². The molecule has 2 aliphatic rings. The van der Waals surface area contributed by atoms with E-state index >= 15 is 0 Å². The number of hydrogen-bond donors (Lipinski definition) is 0. The SMILES string of the molecule is C[C@H]1Cc2cc(S(=O)(=O)N3CCCCC3)ccc2N1C(=O)COc1ccccc1. The van der Waals surface area contributed by atoms with Crippen molar-refractivity contribution in [3.05, 3.63) is 54.1 Å². The Bertz CT molecular complexity index is 985. The van der Waals surface area contributed by atoms with Gasteiger partial charge in [-0.2, -0.15) is 4.31 Å². The van der Waals surface area contributed by atoms with E-state index in [1.165, 1.54) is 0 Å². The number of anilines is 1. The number of nitrogens with zero attached hydrogens (tertiary/aromatic N) is 2. The number of rotatable bonds is 5. The van der Waals surface area contributed by atoms with Crippen molar-refractivity contribution in [3.8, 4) is 5.75 Å². The standard InChI is InChI=1S/C22H26N2O4S/c1-17-14-18-15-20(29(26,27)23-12-6-3-7-13-23)10-11-21(18)24(17)22(25)16-28-19-8-4-2-5-9-19/h2,4-5,8-11,15,17H,3,6-7,12-14,16H2,1H3/t17-/m0/s1. The first-order chi connectivity index (χ1) is 14.0.